The number of thioether (sulfide) groups is 1. The average molecular weight is 346 g/mol. The molecule has 4 nitrogen and oxygen atoms in total. The lowest BCUT2D eigenvalue weighted by atomic mass is 10.1. The van der Waals surface area contributed by atoms with Gasteiger partial charge in [0.2, 0.25) is 11.8 Å². The van der Waals surface area contributed by atoms with Crippen LogP contribution in [0.1, 0.15) is 30.4 Å². The van der Waals surface area contributed by atoms with Crippen LogP contribution in [0.3, 0.4) is 0 Å². The quantitative estimate of drug-likeness (QED) is 0.823. The second-order valence-corrected chi connectivity index (χ2v) is 7.87. The van der Waals surface area contributed by atoms with E-state index >= 15 is 0 Å². The second kappa shape index (κ2) is 7.60. The Balaban J connectivity index is 1.66. The summed E-state index contributed by atoms with van der Waals surface area (Å²) in [5, 5.41) is 0. The number of hydrogen-bond acceptors (Lipinski definition) is 3. The summed E-state index contributed by atoms with van der Waals surface area (Å²) >= 11 is 1.85. The lowest BCUT2D eigenvalue weighted by molar-refractivity contribution is -0.141. The standard InChI is InChI=1S/C19H26N2O2S/c1-14-3-5-15(6-4-14)12-21-17(7-8-18(21)22)19(23)20-10-9-16(11-20)13-24-2/h3-6,16-17H,7-13H2,1-2H3/t16-,17+/m1/s1. The van der Waals surface area contributed by atoms with Crippen LogP contribution < -0.4 is 0 Å². The van der Waals surface area contributed by atoms with Crippen LogP contribution in [-0.2, 0) is 16.1 Å². The Bertz CT molecular complexity index is 602. The second-order valence-electron chi connectivity index (χ2n) is 6.96. The van der Waals surface area contributed by atoms with E-state index in [-0.39, 0.29) is 17.9 Å². The Morgan fingerprint density at radius 2 is 2.00 bits per heavy atom. The summed E-state index contributed by atoms with van der Waals surface area (Å²) in [7, 11) is 0. The van der Waals surface area contributed by atoms with Gasteiger partial charge in [-0.1, -0.05) is 29.8 Å². The zero-order valence-corrected chi connectivity index (χ0v) is 15.3. The van der Waals surface area contributed by atoms with E-state index in [0.717, 1.165) is 30.8 Å². The number of amides is 2. The van der Waals surface area contributed by atoms with Crippen molar-refractivity contribution >= 4 is 23.6 Å². The van der Waals surface area contributed by atoms with Gasteiger partial charge in [0.25, 0.3) is 0 Å². The van der Waals surface area contributed by atoms with E-state index in [1.807, 2.05) is 28.8 Å². The first-order valence-corrected chi connectivity index (χ1v) is 10.1. The molecule has 0 unspecified atom stereocenters. The predicted molar refractivity (Wildman–Crippen MR) is 97.8 cm³/mol. The molecule has 0 spiro atoms. The fourth-order valence-electron chi connectivity index (χ4n) is 3.69. The number of carbonyl (C=O) groups excluding carboxylic acids is 2. The van der Waals surface area contributed by atoms with Gasteiger partial charge < -0.3 is 9.80 Å². The zero-order valence-electron chi connectivity index (χ0n) is 14.5. The highest BCUT2D eigenvalue weighted by molar-refractivity contribution is 7.98. The molecule has 0 saturated carbocycles. The van der Waals surface area contributed by atoms with Gasteiger partial charge in [-0.2, -0.15) is 11.8 Å². The molecule has 0 N–H and O–H groups in total. The van der Waals surface area contributed by atoms with E-state index in [0.29, 0.717) is 25.3 Å². The number of nitrogens with zero attached hydrogens (tertiary/aromatic N) is 2. The molecule has 2 amide bonds. The topological polar surface area (TPSA) is 40.6 Å². The molecule has 0 radical (unpaired) electrons. The highest BCUT2D eigenvalue weighted by Crippen LogP contribution is 2.27. The van der Waals surface area contributed by atoms with E-state index in [1.165, 1.54) is 5.56 Å². The number of aryl methyl sites for hydroxylation is 1. The molecule has 24 heavy (non-hydrogen) atoms. The first kappa shape index (κ1) is 17.3. The van der Waals surface area contributed by atoms with Crippen molar-refractivity contribution in [3.63, 3.8) is 0 Å². The molecular formula is C19H26N2O2S. The highest BCUT2D eigenvalue weighted by atomic mass is 32.2. The molecule has 2 saturated heterocycles. The smallest absolute Gasteiger partial charge is 0.245 e. The molecule has 0 aromatic heterocycles. The van der Waals surface area contributed by atoms with Gasteiger partial charge in [0.05, 0.1) is 0 Å². The summed E-state index contributed by atoms with van der Waals surface area (Å²) < 4.78 is 0. The number of carbonyl (C=O) groups is 2. The Labute approximate surface area is 148 Å². The van der Waals surface area contributed by atoms with Crippen molar-refractivity contribution in [3.8, 4) is 0 Å². The largest absolute Gasteiger partial charge is 0.341 e. The van der Waals surface area contributed by atoms with E-state index < -0.39 is 0 Å². The van der Waals surface area contributed by atoms with Crippen LogP contribution in [0.25, 0.3) is 0 Å². The van der Waals surface area contributed by atoms with E-state index in [1.54, 1.807) is 4.90 Å². The van der Waals surface area contributed by atoms with Crippen LogP contribution in [0.2, 0.25) is 0 Å². The Hall–Kier alpha value is -1.49. The molecule has 2 aliphatic rings. The van der Waals surface area contributed by atoms with Gasteiger partial charge in [-0.3, -0.25) is 9.59 Å². The van der Waals surface area contributed by atoms with Crippen LogP contribution in [-0.4, -0.2) is 52.8 Å². The first-order valence-electron chi connectivity index (χ1n) is 8.71. The molecule has 2 aliphatic heterocycles. The lowest BCUT2D eigenvalue weighted by Crippen LogP contribution is -2.45. The minimum absolute atomic E-state index is 0.105. The van der Waals surface area contributed by atoms with E-state index in [4.69, 9.17) is 0 Å². The van der Waals surface area contributed by atoms with Crippen molar-refractivity contribution in [2.24, 2.45) is 5.92 Å². The normalized spacial score (nSPS) is 24.0. The molecule has 2 fully saturated rings. The van der Waals surface area contributed by atoms with Crippen LogP contribution in [0.4, 0.5) is 0 Å². The predicted octanol–water partition coefficient (Wildman–Crippen LogP) is 2.70. The summed E-state index contributed by atoms with van der Waals surface area (Å²) in [6, 6.07) is 7.94. The number of rotatable bonds is 5. The third-order valence-corrected chi connectivity index (χ3v) is 5.89. The molecule has 3 rings (SSSR count). The van der Waals surface area contributed by atoms with Crippen molar-refractivity contribution < 1.29 is 9.59 Å². The van der Waals surface area contributed by atoms with Crippen LogP contribution in [0.5, 0.6) is 0 Å². The molecular weight excluding hydrogens is 320 g/mol. The maximum atomic E-state index is 12.9. The molecule has 0 aliphatic carbocycles. The highest BCUT2D eigenvalue weighted by Gasteiger charge is 2.39. The van der Waals surface area contributed by atoms with Gasteiger partial charge in [0.1, 0.15) is 6.04 Å². The first-order chi connectivity index (χ1) is 11.6. The van der Waals surface area contributed by atoms with Crippen molar-refractivity contribution in [1.29, 1.82) is 0 Å². The minimum Gasteiger partial charge on any atom is -0.341 e. The third-order valence-electron chi connectivity index (χ3n) is 5.09. The summed E-state index contributed by atoms with van der Waals surface area (Å²) in [4.78, 5) is 29.0. The lowest BCUT2D eigenvalue weighted by Gasteiger charge is -2.28. The Kier molecular flexibility index (Phi) is 5.49. The molecule has 0 bridgehead atoms. The van der Waals surface area contributed by atoms with Gasteiger partial charge in [-0.25, -0.2) is 0 Å². The Morgan fingerprint density at radius 1 is 1.25 bits per heavy atom. The van der Waals surface area contributed by atoms with Gasteiger partial charge in [-0.05, 0) is 43.3 Å². The van der Waals surface area contributed by atoms with Crippen LogP contribution in [0, 0.1) is 12.8 Å². The van der Waals surface area contributed by atoms with Crippen LogP contribution in [0.15, 0.2) is 24.3 Å². The van der Waals surface area contributed by atoms with Gasteiger partial charge in [0, 0.05) is 26.1 Å². The Morgan fingerprint density at radius 3 is 2.71 bits per heavy atom. The molecule has 1 aromatic rings. The summed E-state index contributed by atoms with van der Waals surface area (Å²) in [5.74, 6) is 1.97. The van der Waals surface area contributed by atoms with E-state index in [2.05, 4.69) is 25.3 Å². The maximum Gasteiger partial charge on any atom is 0.245 e. The third kappa shape index (κ3) is 3.77. The number of benzene rings is 1. The SMILES string of the molecule is CSC[C@@H]1CCN(C(=O)[C@@H]2CCC(=O)N2Cc2ccc(C)cc2)C1. The summed E-state index contributed by atoms with van der Waals surface area (Å²) in [5.41, 5.74) is 2.30. The molecule has 2 atom stereocenters. The van der Waals surface area contributed by atoms with Gasteiger partial charge in [-0.15, -0.1) is 0 Å². The summed E-state index contributed by atoms with van der Waals surface area (Å²) in [6.07, 6.45) is 4.35. The monoisotopic (exact) mass is 346 g/mol. The number of likely N-dealkylation sites (tertiary alicyclic amines) is 2. The molecule has 130 valence electrons. The van der Waals surface area contributed by atoms with E-state index in [9.17, 15) is 9.59 Å². The fraction of sp³-hybridized carbons (Fsp3) is 0.579. The van der Waals surface area contributed by atoms with Gasteiger partial charge in [0.15, 0.2) is 0 Å². The average Bonchev–Trinajstić information content (AvgIpc) is 3.17. The molecule has 2 heterocycles. The van der Waals surface area contributed by atoms with Crippen molar-refractivity contribution in [1.82, 2.24) is 9.80 Å². The minimum atomic E-state index is -0.271. The summed E-state index contributed by atoms with van der Waals surface area (Å²) in [6.45, 7) is 4.28. The number of hydrogen-bond donors (Lipinski definition) is 0. The van der Waals surface area contributed by atoms with Crippen LogP contribution >= 0.6 is 11.8 Å². The fourth-order valence-corrected chi connectivity index (χ4v) is 4.44. The van der Waals surface area contributed by atoms with Crippen molar-refractivity contribution in [2.75, 3.05) is 25.1 Å². The van der Waals surface area contributed by atoms with Crippen molar-refractivity contribution in [3.05, 3.63) is 35.4 Å². The maximum absolute atomic E-state index is 12.9. The zero-order chi connectivity index (χ0) is 17.1. The van der Waals surface area contributed by atoms with Gasteiger partial charge >= 0.3 is 0 Å². The van der Waals surface area contributed by atoms with Crippen molar-refractivity contribution in [2.45, 2.75) is 38.8 Å². The molecule has 1 aromatic carbocycles. The molecule has 5 heteroatoms.